The molecule has 7 nitrogen and oxygen atoms in total. The first-order valence-corrected chi connectivity index (χ1v) is 8.56. The van der Waals surface area contributed by atoms with E-state index in [0.29, 0.717) is 37.9 Å². The van der Waals surface area contributed by atoms with Gasteiger partial charge in [0, 0.05) is 38.2 Å². The highest BCUT2D eigenvalue weighted by Gasteiger charge is 2.54. The van der Waals surface area contributed by atoms with Crippen molar-refractivity contribution in [1.82, 2.24) is 19.7 Å². The third-order valence-electron chi connectivity index (χ3n) is 5.07. The van der Waals surface area contributed by atoms with Gasteiger partial charge in [-0.25, -0.2) is 0 Å². The van der Waals surface area contributed by atoms with Crippen LogP contribution >= 0.6 is 0 Å². The number of ether oxygens (including phenoxy) is 2. The molecule has 2 aliphatic heterocycles. The Bertz CT molecular complexity index is 740. The average Bonchev–Trinajstić information content (AvgIpc) is 3.20. The van der Waals surface area contributed by atoms with Gasteiger partial charge in [0.15, 0.2) is 0 Å². The molecular formula is C18H22N4O3. The number of hydrogen-bond donors (Lipinski definition) is 0. The molecule has 1 amide bonds. The number of rotatable bonds is 5. The molecule has 4 rings (SSSR count). The van der Waals surface area contributed by atoms with Crippen molar-refractivity contribution in [2.75, 3.05) is 26.3 Å². The molecule has 0 N–H and O–H groups in total. The molecule has 7 heteroatoms. The molecule has 2 aromatic rings. The first-order chi connectivity index (χ1) is 12.2. The molecule has 1 spiro atoms. The van der Waals surface area contributed by atoms with Crippen molar-refractivity contribution in [3.63, 3.8) is 0 Å². The van der Waals surface area contributed by atoms with E-state index in [0.717, 1.165) is 18.6 Å². The van der Waals surface area contributed by atoms with E-state index in [1.165, 1.54) is 0 Å². The molecule has 0 aliphatic carbocycles. The quantitative estimate of drug-likeness (QED) is 0.818. The van der Waals surface area contributed by atoms with Gasteiger partial charge in [-0.05, 0) is 30.2 Å². The third kappa shape index (κ3) is 3.17. The van der Waals surface area contributed by atoms with E-state index < -0.39 is 0 Å². The summed E-state index contributed by atoms with van der Waals surface area (Å²) in [5, 5.41) is 4.19. The first kappa shape index (κ1) is 16.2. The molecule has 2 aliphatic rings. The molecule has 4 heterocycles. The minimum absolute atomic E-state index is 0.0295. The van der Waals surface area contributed by atoms with Crippen LogP contribution in [-0.2, 0) is 23.1 Å². The number of pyridine rings is 1. The molecule has 0 unspecified atom stereocenters. The second-order valence-corrected chi connectivity index (χ2v) is 6.81. The molecule has 2 saturated heterocycles. The van der Waals surface area contributed by atoms with Crippen molar-refractivity contribution in [1.29, 1.82) is 0 Å². The Morgan fingerprint density at radius 1 is 1.36 bits per heavy atom. The zero-order chi connectivity index (χ0) is 17.3. The maximum Gasteiger partial charge on any atom is 0.274 e. The zero-order valence-electron chi connectivity index (χ0n) is 14.3. The predicted molar refractivity (Wildman–Crippen MR) is 89.8 cm³/mol. The van der Waals surface area contributed by atoms with Gasteiger partial charge in [0.25, 0.3) is 5.91 Å². The van der Waals surface area contributed by atoms with Gasteiger partial charge in [-0.3, -0.25) is 14.5 Å². The summed E-state index contributed by atoms with van der Waals surface area (Å²) >= 11 is 0. The summed E-state index contributed by atoms with van der Waals surface area (Å²) in [6, 6.07) is 5.66. The van der Waals surface area contributed by atoms with E-state index in [4.69, 9.17) is 9.47 Å². The Hall–Kier alpha value is -2.25. The Morgan fingerprint density at radius 3 is 2.88 bits per heavy atom. The maximum absolute atomic E-state index is 12.4. The summed E-state index contributed by atoms with van der Waals surface area (Å²) in [6.07, 6.45) is 6.30. The SMILES string of the molecule is Cn1ccc(C(=O)N2CC3(C2)OCC[C@@H]3COCc2ccncc2)n1. The number of hydrogen-bond acceptors (Lipinski definition) is 5. The standard InChI is InChI=1S/C18H22N4O3/c1-21-8-4-16(20-21)17(23)22-12-18(13-22)15(5-9-25-18)11-24-10-14-2-6-19-7-3-14/h2-4,6-8,15H,5,9-13H2,1H3/t15-/m1/s1. The summed E-state index contributed by atoms with van der Waals surface area (Å²) in [6.45, 7) is 3.19. The summed E-state index contributed by atoms with van der Waals surface area (Å²) in [5.74, 6) is 0.292. The highest BCUT2D eigenvalue weighted by atomic mass is 16.5. The topological polar surface area (TPSA) is 69.5 Å². The first-order valence-electron chi connectivity index (χ1n) is 8.56. The smallest absolute Gasteiger partial charge is 0.274 e. The van der Waals surface area contributed by atoms with Crippen LogP contribution in [0.4, 0.5) is 0 Å². The second kappa shape index (κ2) is 6.57. The summed E-state index contributed by atoms with van der Waals surface area (Å²) < 4.78 is 13.5. The van der Waals surface area contributed by atoms with E-state index in [1.807, 2.05) is 24.1 Å². The minimum Gasteiger partial charge on any atom is -0.376 e. The minimum atomic E-state index is -0.247. The molecule has 25 heavy (non-hydrogen) atoms. The number of amides is 1. The molecule has 2 aromatic heterocycles. The van der Waals surface area contributed by atoms with Crippen molar-refractivity contribution >= 4 is 5.91 Å². The molecule has 2 fully saturated rings. The summed E-state index contributed by atoms with van der Waals surface area (Å²) in [5.41, 5.74) is 1.35. The Kier molecular flexibility index (Phi) is 4.27. The third-order valence-corrected chi connectivity index (χ3v) is 5.07. The number of carbonyl (C=O) groups is 1. The van der Waals surface area contributed by atoms with Gasteiger partial charge in [-0.2, -0.15) is 5.10 Å². The summed E-state index contributed by atoms with van der Waals surface area (Å²) in [4.78, 5) is 18.3. The second-order valence-electron chi connectivity index (χ2n) is 6.81. The fourth-order valence-electron chi connectivity index (χ4n) is 3.60. The van der Waals surface area contributed by atoms with Crippen molar-refractivity contribution in [2.45, 2.75) is 18.6 Å². The van der Waals surface area contributed by atoms with Crippen LogP contribution in [-0.4, -0.2) is 57.5 Å². The molecule has 0 radical (unpaired) electrons. The van der Waals surface area contributed by atoms with Crippen LogP contribution in [0.25, 0.3) is 0 Å². The normalized spacial score (nSPS) is 21.5. The molecule has 0 bridgehead atoms. The Morgan fingerprint density at radius 2 is 2.16 bits per heavy atom. The van der Waals surface area contributed by atoms with E-state index >= 15 is 0 Å². The van der Waals surface area contributed by atoms with Crippen LogP contribution in [0, 0.1) is 5.92 Å². The van der Waals surface area contributed by atoms with Crippen LogP contribution in [0.2, 0.25) is 0 Å². The lowest BCUT2D eigenvalue weighted by Gasteiger charge is -2.49. The number of nitrogens with zero attached hydrogens (tertiary/aromatic N) is 4. The molecule has 0 aromatic carbocycles. The van der Waals surface area contributed by atoms with Crippen LogP contribution < -0.4 is 0 Å². The molecule has 1 atom stereocenters. The number of carbonyl (C=O) groups excluding carboxylic acids is 1. The van der Waals surface area contributed by atoms with Gasteiger partial charge in [0.2, 0.25) is 0 Å². The van der Waals surface area contributed by atoms with Gasteiger partial charge in [0.1, 0.15) is 11.3 Å². The fourth-order valence-corrected chi connectivity index (χ4v) is 3.60. The van der Waals surface area contributed by atoms with Crippen LogP contribution in [0.1, 0.15) is 22.5 Å². The highest BCUT2D eigenvalue weighted by Crippen LogP contribution is 2.40. The predicted octanol–water partition coefficient (Wildman–Crippen LogP) is 1.26. The van der Waals surface area contributed by atoms with Crippen molar-refractivity contribution < 1.29 is 14.3 Å². The van der Waals surface area contributed by atoms with Gasteiger partial charge in [0.05, 0.1) is 26.3 Å². The number of aryl methyl sites for hydroxylation is 1. The van der Waals surface area contributed by atoms with Gasteiger partial charge < -0.3 is 14.4 Å². The molecular weight excluding hydrogens is 320 g/mol. The van der Waals surface area contributed by atoms with Gasteiger partial charge in [-0.15, -0.1) is 0 Å². The Labute approximate surface area is 146 Å². The molecule has 0 saturated carbocycles. The van der Waals surface area contributed by atoms with Crippen molar-refractivity contribution in [3.05, 3.63) is 48.0 Å². The molecule has 132 valence electrons. The lowest BCUT2D eigenvalue weighted by molar-refractivity contribution is -0.129. The number of likely N-dealkylation sites (tertiary alicyclic amines) is 1. The largest absolute Gasteiger partial charge is 0.376 e. The van der Waals surface area contributed by atoms with Crippen molar-refractivity contribution in [3.8, 4) is 0 Å². The van der Waals surface area contributed by atoms with E-state index in [-0.39, 0.29) is 11.5 Å². The number of aromatic nitrogens is 3. The lowest BCUT2D eigenvalue weighted by atomic mass is 9.81. The van der Waals surface area contributed by atoms with Crippen LogP contribution in [0.3, 0.4) is 0 Å². The van der Waals surface area contributed by atoms with E-state index in [9.17, 15) is 4.79 Å². The monoisotopic (exact) mass is 342 g/mol. The van der Waals surface area contributed by atoms with Crippen LogP contribution in [0.15, 0.2) is 36.8 Å². The van der Waals surface area contributed by atoms with E-state index in [1.54, 1.807) is 29.3 Å². The lowest BCUT2D eigenvalue weighted by Crippen LogP contribution is -2.66. The van der Waals surface area contributed by atoms with Crippen LogP contribution in [0.5, 0.6) is 0 Å². The van der Waals surface area contributed by atoms with Gasteiger partial charge in [-0.1, -0.05) is 0 Å². The average molecular weight is 342 g/mol. The zero-order valence-corrected chi connectivity index (χ0v) is 14.3. The maximum atomic E-state index is 12.4. The fraction of sp³-hybridized carbons (Fsp3) is 0.500. The Balaban J connectivity index is 1.31. The van der Waals surface area contributed by atoms with E-state index in [2.05, 4.69) is 10.1 Å². The summed E-state index contributed by atoms with van der Waals surface area (Å²) in [7, 11) is 1.81. The van der Waals surface area contributed by atoms with Gasteiger partial charge >= 0.3 is 0 Å². The highest BCUT2D eigenvalue weighted by molar-refractivity contribution is 5.93. The van der Waals surface area contributed by atoms with Crippen molar-refractivity contribution in [2.24, 2.45) is 13.0 Å².